The molecule has 82 heavy (non-hydrogen) atoms. The molecule has 4 aromatic rings. The molecule has 0 aliphatic carbocycles. The van der Waals surface area contributed by atoms with E-state index in [1.165, 1.54) is 24.3 Å². The fraction of sp³-hybridized carbons (Fsp3) is 0.418. The van der Waals surface area contributed by atoms with Crippen LogP contribution in [0.4, 0.5) is 11.4 Å². The summed E-state index contributed by atoms with van der Waals surface area (Å²) in [5, 5.41) is 14.5. The van der Waals surface area contributed by atoms with Crippen LogP contribution in [0.3, 0.4) is 0 Å². The number of unbranched alkanes of at least 4 members (excludes halogenated alkanes) is 2. The van der Waals surface area contributed by atoms with E-state index < -0.39 is 73.7 Å². The van der Waals surface area contributed by atoms with Crippen LogP contribution in [0.1, 0.15) is 83.3 Å². The van der Waals surface area contributed by atoms with Gasteiger partial charge < -0.3 is 28.7 Å². The molecule has 2 amide bonds. The summed E-state index contributed by atoms with van der Waals surface area (Å²) in [6, 6.07) is 11.3. The molecule has 4 aromatic carbocycles. The molecular formula is C55H66N3O20S4+. The minimum atomic E-state index is -5.05. The van der Waals surface area contributed by atoms with Gasteiger partial charge in [-0.1, -0.05) is 54.3 Å². The lowest BCUT2D eigenvalue weighted by Gasteiger charge is -2.31. The van der Waals surface area contributed by atoms with Crippen molar-refractivity contribution in [2.24, 2.45) is 0 Å². The van der Waals surface area contributed by atoms with Gasteiger partial charge in [0.2, 0.25) is 5.69 Å². The Bertz CT molecular complexity index is 3580. The number of benzene rings is 4. The van der Waals surface area contributed by atoms with Crippen LogP contribution in [0.5, 0.6) is 0 Å². The van der Waals surface area contributed by atoms with Crippen LogP contribution in [-0.4, -0.2) is 144 Å². The fourth-order valence-electron chi connectivity index (χ4n) is 10.7. The standard InChI is InChI=1S/C55H65N3O20S4/c1-54(2)47(57(26-28-75-32-30-73-5)43-20-18-39-41(52(43)54)33-37(80(63,64)65)35-45(39)79-78-77-62)15-10-7-6-8-11-16-48-55(3,24-13-9-12-17-51(61)76-58-49(59)22-23-50(58)60)53-42-34-38(81(66,67)68)36-46(82(69,70)71)40(42)19-21-44(53)56(48)25-14-27-74-31-29-72-4/h6-8,10-11,15-16,18-21,33-36H,9,12-14,17,22-32H2,1-5H3,(H3-,62,63,64,65,66,67,68,69,70,71)/p+1. The van der Waals surface area contributed by atoms with Gasteiger partial charge in [0.25, 0.3) is 42.2 Å². The Hall–Kier alpha value is -5.76. The lowest BCUT2D eigenvalue weighted by atomic mass is 9.75. The van der Waals surface area contributed by atoms with Gasteiger partial charge in [0, 0.05) is 91.4 Å². The van der Waals surface area contributed by atoms with Crippen molar-refractivity contribution in [1.82, 2.24) is 5.06 Å². The number of imide groups is 1. The van der Waals surface area contributed by atoms with E-state index in [1.54, 1.807) is 38.5 Å². The molecule has 3 heterocycles. The van der Waals surface area contributed by atoms with Crippen molar-refractivity contribution in [1.29, 1.82) is 0 Å². The molecule has 1 fully saturated rings. The largest absolute Gasteiger partial charge is 0.382 e. The Morgan fingerprint density at radius 1 is 0.695 bits per heavy atom. The molecule has 0 saturated carbocycles. The highest BCUT2D eigenvalue weighted by Crippen LogP contribution is 2.54. The number of allylic oxidation sites excluding steroid dienone is 8. The first-order valence-electron chi connectivity index (χ1n) is 26.0. The molecule has 3 aliphatic rings. The Labute approximate surface area is 480 Å². The number of hydrogen-bond acceptors (Lipinski definition) is 19. The third-order valence-electron chi connectivity index (χ3n) is 14.4. The van der Waals surface area contributed by atoms with Gasteiger partial charge in [-0.05, 0) is 104 Å². The van der Waals surface area contributed by atoms with E-state index in [-0.39, 0.29) is 34.9 Å². The lowest BCUT2D eigenvalue weighted by Crippen LogP contribution is -2.32. The summed E-state index contributed by atoms with van der Waals surface area (Å²) in [4.78, 5) is 42.3. The maximum Gasteiger partial charge on any atom is 0.333 e. The van der Waals surface area contributed by atoms with E-state index in [4.69, 9.17) is 33.4 Å². The molecule has 27 heteroatoms. The molecule has 1 unspecified atom stereocenters. The van der Waals surface area contributed by atoms with Crippen molar-refractivity contribution >= 4 is 98.8 Å². The van der Waals surface area contributed by atoms with Crippen molar-refractivity contribution in [3.63, 3.8) is 0 Å². The van der Waals surface area contributed by atoms with Gasteiger partial charge in [-0.15, -0.1) is 9.40 Å². The zero-order chi connectivity index (χ0) is 59.6. The number of fused-ring (bicyclic) bond motifs is 6. The predicted molar refractivity (Wildman–Crippen MR) is 301 cm³/mol. The van der Waals surface area contributed by atoms with Crippen molar-refractivity contribution in [2.75, 3.05) is 71.9 Å². The zero-order valence-electron chi connectivity index (χ0n) is 45.8. The van der Waals surface area contributed by atoms with Crippen LogP contribution in [0.2, 0.25) is 0 Å². The number of nitrogens with zero attached hydrogens (tertiary/aromatic N) is 3. The van der Waals surface area contributed by atoms with Crippen molar-refractivity contribution in [3.05, 3.63) is 108 Å². The van der Waals surface area contributed by atoms with Gasteiger partial charge in [-0.3, -0.25) is 23.2 Å². The highest BCUT2D eigenvalue weighted by Gasteiger charge is 2.47. The van der Waals surface area contributed by atoms with E-state index in [9.17, 15) is 53.3 Å². The molecule has 4 N–H and O–H groups in total. The van der Waals surface area contributed by atoms with E-state index in [0.717, 1.165) is 17.0 Å². The minimum Gasteiger partial charge on any atom is -0.382 e. The second kappa shape index (κ2) is 27.3. The Morgan fingerprint density at radius 3 is 1.96 bits per heavy atom. The summed E-state index contributed by atoms with van der Waals surface area (Å²) in [6.07, 6.45) is 14.7. The SMILES string of the molecule is COCCOCCCN1/C(=C/C=C/C=C/C=C/C2=[N+](CCOCCOC)c3ccc4c(SOOO)cc(S(=O)(=O)O)cc4c3C2(C)C)C(C)(CCCCCC(=O)ON2C(=O)CCC2=O)c2c1ccc1c(S(=O)(=O)O)cc(S(=O)(=O)O)cc21. The molecule has 7 rings (SSSR count). The molecule has 1 saturated heterocycles. The number of carbonyl (C=O) groups is 3. The Morgan fingerprint density at radius 2 is 1.32 bits per heavy atom. The maximum absolute atomic E-state index is 12.9. The third kappa shape index (κ3) is 14.6. The number of anilines is 1. The van der Waals surface area contributed by atoms with E-state index in [0.29, 0.717) is 136 Å². The molecular weight excluding hydrogens is 1150 g/mol. The monoisotopic (exact) mass is 1220 g/mol. The van der Waals surface area contributed by atoms with Crippen molar-refractivity contribution in [2.45, 2.75) is 103 Å². The molecule has 1 atom stereocenters. The predicted octanol–water partition coefficient (Wildman–Crippen LogP) is 8.14. The van der Waals surface area contributed by atoms with Gasteiger partial charge in [-0.25, -0.2) is 10.1 Å². The van der Waals surface area contributed by atoms with Crippen LogP contribution in [0.15, 0.2) is 116 Å². The highest BCUT2D eigenvalue weighted by atomic mass is 32.2. The Balaban J connectivity index is 1.26. The average Bonchev–Trinajstić information content (AvgIpc) is 3.87. The number of hydroxylamine groups is 2. The number of carbonyl (C=O) groups excluding carboxylic acids is 3. The zero-order valence-corrected chi connectivity index (χ0v) is 49.0. The van der Waals surface area contributed by atoms with Gasteiger partial charge in [0.05, 0.1) is 53.7 Å². The quantitative estimate of drug-likeness (QED) is 0.00559. The number of hydrogen-bond donors (Lipinski definition) is 4. The molecule has 0 bridgehead atoms. The average molecular weight is 1220 g/mol. The molecule has 444 valence electrons. The fourth-order valence-corrected chi connectivity index (χ4v) is 13.2. The summed E-state index contributed by atoms with van der Waals surface area (Å²) >= 11 is 0.563. The van der Waals surface area contributed by atoms with Gasteiger partial charge in [0.15, 0.2) is 12.3 Å². The molecule has 0 aromatic heterocycles. The van der Waals surface area contributed by atoms with Gasteiger partial charge in [-0.2, -0.15) is 29.8 Å². The minimum absolute atomic E-state index is 0.00845. The number of methoxy groups -OCH3 is 2. The van der Waals surface area contributed by atoms with Gasteiger partial charge >= 0.3 is 5.97 Å². The van der Waals surface area contributed by atoms with Gasteiger partial charge in [0.1, 0.15) is 11.5 Å². The first kappa shape index (κ1) is 63.8. The summed E-state index contributed by atoms with van der Waals surface area (Å²) in [5.74, 6) is -1.96. The van der Waals surface area contributed by atoms with Crippen LogP contribution >= 0.6 is 12.0 Å². The van der Waals surface area contributed by atoms with Crippen LogP contribution in [0, 0.1) is 0 Å². The molecule has 23 nitrogen and oxygen atoms in total. The maximum atomic E-state index is 12.9. The molecule has 0 spiro atoms. The van der Waals surface area contributed by atoms with E-state index >= 15 is 0 Å². The Kier molecular flexibility index (Phi) is 21.2. The van der Waals surface area contributed by atoms with Crippen LogP contribution < -0.4 is 4.90 Å². The van der Waals surface area contributed by atoms with Crippen molar-refractivity contribution in [3.8, 4) is 0 Å². The first-order valence-corrected chi connectivity index (χ1v) is 31.1. The lowest BCUT2D eigenvalue weighted by molar-refractivity contribution is -0.442. The summed E-state index contributed by atoms with van der Waals surface area (Å²) in [6.45, 7) is 8.71. The topological polar surface area (TPSA) is 309 Å². The number of rotatable bonds is 30. The second-order valence-electron chi connectivity index (χ2n) is 20.1. The van der Waals surface area contributed by atoms with Crippen LogP contribution in [-0.2, 0) is 88.7 Å². The summed E-state index contributed by atoms with van der Waals surface area (Å²) in [7, 11) is -11.6. The third-order valence-corrected chi connectivity index (χ3v) is 17.6. The normalized spacial score (nSPS) is 18.1. The number of amides is 2. The summed E-state index contributed by atoms with van der Waals surface area (Å²) in [5.41, 5.74) is 2.32. The molecule has 0 radical (unpaired) electrons. The highest BCUT2D eigenvalue weighted by molar-refractivity contribution is 7.94. The first-order chi connectivity index (χ1) is 38.9. The van der Waals surface area contributed by atoms with Crippen LogP contribution in [0.25, 0.3) is 21.5 Å². The number of ether oxygens (including phenoxy) is 4. The van der Waals surface area contributed by atoms with Crippen molar-refractivity contribution < 1.29 is 96.3 Å². The smallest absolute Gasteiger partial charge is 0.333 e. The van der Waals surface area contributed by atoms with E-state index in [2.05, 4.69) is 9.61 Å². The molecule has 3 aliphatic heterocycles. The van der Waals surface area contributed by atoms with E-state index in [1.807, 2.05) is 62.1 Å². The second-order valence-corrected chi connectivity index (χ2v) is 25.1. The summed E-state index contributed by atoms with van der Waals surface area (Å²) < 4.78 is 136.